The first-order valence-corrected chi connectivity index (χ1v) is 10.8. The zero-order valence-electron chi connectivity index (χ0n) is 18.5. The second kappa shape index (κ2) is 6.77. The average Bonchev–Trinajstić information content (AvgIpc) is 3.43. The molecule has 2 aromatic carbocycles. The molecule has 0 saturated heterocycles. The highest BCUT2D eigenvalue weighted by Crippen LogP contribution is 2.53. The molecule has 0 radical (unpaired) electrons. The van der Waals surface area contributed by atoms with Crippen molar-refractivity contribution in [1.82, 2.24) is 5.16 Å². The number of rotatable bonds is 3. The summed E-state index contributed by atoms with van der Waals surface area (Å²) in [6.45, 7) is 7.52. The van der Waals surface area contributed by atoms with E-state index in [0.29, 0.717) is 22.4 Å². The Morgan fingerprint density at radius 1 is 1.09 bits per heavy atom. The number of hydrogen-bond donors (Lipinski definition) is 0. The van der Waals surface area contributed by atoms with Crippen molar-refractivity contribution >= 4 is 34.3 Å². The van der Waals surface area contributed by atoms with E-state index in [1.807, 2.05) is 6.92 Å². The number of hydrogen-bond acceptors (Lipinski definition) is 6. The molecule has 2 aliphatic heterocycles. The third kappa shape index (κ3) is 2.31. The molecule has 1 unspecified atom stereocenters. The summed E-state index contributed by atoms with van der Waals surface area (Å²) in [5.41, 5.74) is -0.0181. The summed E-state index contributed by atoms with van der Waals surface area (Å²) in [5.74, 6) is -0.689. The number of aromatic nitrogens is 1. The standard InChI is InChI=1S/C26H19N3O5/c1-4-11-28-18-8-6-5-7-17(18)26(25(28)32)21-22(30)16-12-14(2)9-10-19(16)33-23(21)24(31)29(26)20-13-15(3)34-27-20/h4-10,12-13H,1,11H2,2-3H3. The number of amides is 2. The number of nitrogens with zero attached hydrogens (tertiary/aromatic N) is 3. The Morgan fingerprint density at radius 3 is 2.62 bits per heavy atom. The Bertz CT molecular complexity index is 1610. The van der Waals surface area contributed by atoms with E-state index < -0.39 is 22.8 Å². The summed E-state index contributed by atoms with van der Waals surface area (Å²) >= 11 is 0. The normalized spacial score (nSPS) is 18.8. The van der Waals surface area contributed by atoms with Crippen LogP contribution in [-0.2, 0) is 10.3 Å². The van der Waals surface area contributed by atoms with E-state index in [2.05, 4.69) is 11.7 Å². The zero-order valence-corrected chi connectivity index (χ0v) is 18.5. The third-order valence-electron chi connectivity index (χ3n) is 6.44. The van der Waals surface area contributed by atoms with Crippen LogP contribution in [0.2, 0.25) is 0 Å². The van der Waals surface area contributed by atoms with Crippen molar-refractivity contribution in [2.45, 2.75) is 19.4 Å². The van der Waals surface area contributed by atoms with Gasteiger partial charge in [-0.15, -0.1) is 6.58 Å². The quantitative estimate of drug-likeness (QED) is 0.438. The molecule has 0 N–H and O–H groups in total. The van der Waals surface area contributed by atoms with Crippen LogP contribution in [0.1, 0.15) is 33.0 Å². The highest BCUT2D eigenvalue weighted by atomic mass is 16.5. The van der Waals surface area contributed by atoms with Gasteiger partial charge in [0.05, 0.1) is 16.6 Å². The van der Waals surface area contributed by atoms with Gasteiger partial charge in [-0.2, -0.15) is 0 Å². The zero-order chi connectivity index (χ0) is 23.8. The maximum atomic E-state index is 14.3. The minimum atomic E-state index is -1.78. The first kappa shape index (κ1) is 20.2. The van der Waals surface area contributed by atoms with Gasteiger partial charge in [0.15, 0.2) is 16.8 Å². The monoisotopic (exact) mass is 453 g/mol. The maximum Gasteiger partial charge on any atom is 0.297 e. The van der Waals surface area contributed by atoms with E-state index in [9.17, 15) is 14.4 Å². The van der Waals surface area contributed by atoms with Gasteiger partial charge in [0, 0.05) is 18.2 Å². The topological polar surface area (TPSA) is 96.9 Å². The molecule has 2 aliphatic rings. The first-order valence-electron chi connectivity index (χ1n) is 10.8. The Kier molecular flexibility index (Phi) is 4.02. The minimum Gasteiger partial charge on any atom is -0.450 e. The van der Waals surface area contributed by atoms with E-state index in [-0.39, 0.29) is 29.3 Å². The summed E-state index contributed by atoms with van der Waals surface area (Å²) in [6, 6.07) is 13.8. The van der Waals surface area contributed by atoms with E-state index in [1.54, 1.807) is 61.5 Å². The van der Waals surface area contributed by atoms with E-state index >= 15 is 0 Å². The fourth-order valence-corrected chi connectivity index (χ4v) is 5.09. The summed E-state index contributed by atoms with van der Waals surface area (Å²) in [4.78, 5) is 44.9. The number of anilines is 2. The molecule has 0 bridgehead atoms. The average molecular weight is 453 g/mol. The molecule has 0 saturated carbocycles. The van der Waals surface area contributed by atoms with Gasteiger partial charge in [-0.1, -0.05) is 41.1 Å². The Hall–Kier alpha value is -4.46. The number of aryl methyl sites for hydroxylation is 2. The van der Waals surface area contributed by atoms with Crippen molar-refractivity contribution in [3.05, 3.63) is 99.6 Å². The number of carbonyl (C=O) groups excluding carboxylic acids is 2. The van der Waals surface area contributed by atoms with Gasteiger partial charge in [0.25, 0.3) is 11.8 Å². The van der Waals surface area contributed by atoms with Crippen LogP contribution in [-0.4, -0.2) is 23.5 Å². The molecule has 0 aliphatic carbocycles. The smallest absolute Gasteiger partial charge is 0.297 e. The predicted octanol–water partition coefficient (Wildman–Crippen LogP) is 3.83. The second-order valence-electron chi connectivity index (χ2n) is 8.50. The molecule has 1 atom stereocenters. The summed E-state index contributed by atoms with van der Waals surface area (Å²) in [5, 5.41) is 4.34. The molecule has 4 aromatic rings. The van der Waals surface area contributed by atoms with Gasteiger partial charge in [-0.3, -0.25) is 19.3 Å². The largest absolute Gasteiger partial charge is 0.450 e. The minimum absolute atomic E-state index is 0.0136. The molecule has 34 heavy (non-hydrogen) atoms. The van der Waals surface area contributed by atoms with Gasteiger partial charge in [-0.25, -0.2) is 0 Å². The third-order valence-corrected chi connectivity index (χ3v) is 6.44. The van der Waals surface area contributed by atoms with Crippen LogP contribution in [0.5, 0.6) is 0 Å². The number of carbonyl (C=O) groups is 2. The number of benzene rings is 2. The lowest BCUT2D eigenvalue weighted by Crippen LogP contribution is -2.54. The van der Waals surface area contributed by atoms with Crippen molar-refractivity contribution in [3.63, 3.8) is 0 Å². The summed E-state index contributed by atoms with van der Waals surface area (Å²) in [7, 11) is 0. The van der Waals surface area contributed by atoms with Crippen molar-refractivity contribution in [2.24, 2.45) is 0 Å². The van der Waals surface area contributed by atoms with E-state index in [1.165, 1.54) is 9.80 Å². The van der Waals surface area contributed by atoms with Crippen LogP contribution < -0.4 is 15.2 Å². The fraction of sp³-hybridized carbons (Fsp3) is 0.154. The van der Waals surface area contributed by atoms with Crippen LogP contribution in [0.15, 0.2) is 74.9 Å². The van der Waals surface area contributed by atoms with Crippen LogP contribution in [0.3, 0.4) is 0 Å². The van der Waals surface area contributed by atoms with Crippen molar-refractivity contribution < 1.29 is 18.5 Å². The number of para-hydroxylation sites is 1. The molecule has 6 rings (SSSR count). The number of fused-ring (bicyclic) bond motifs is 5. The van der Waals surface area contributed by atoms with Crippen molar-refractivity contribution in [1.29, 1.82) is 0 Å². The predicted molar refractivity (Wildman–Crippen MR) is 125 cm³/mol. The molecule has 8 nitrogen and oxygen atoms in total. The van der Waals surface area contributed by atoms with Gasteiger partial charge < -0.3 is 13.8 Å². The fourth-order valence-electron chi connectivity index (χ4n) is 5.09. The molecular formula is C26H19N3O5. The van der Waals surface area contributed by atoms with Gasteiger partial charge in [-0.05, 0) is 32.0 Å². The maximum absolute atomic E-state index is 14.3. The Labute approximate surface area is 193 Å². The molecule has 0 fully saturated rings. The lowest BCUT2D eigenvalue weighted by atomic mass is 9.84. The van der Waals surface area contributed by atoms with Crippen LogP contribution in [0, 0.1) is 13.8 Å². The molecular weight excluding hydrogens is 434 g/mol. The van der Waals surface area contributed by atoms with Crippen LogP contribution in [0.4, 0.5) is 11.5 Å². The van der Waals surface area contributed by atoms with Crippen LogP contribution in [0.25, 0.3) is 11.0 Å². The first-order chi connectivity index (χ1) is 16.4. The van der Waals surface area contributed by atoms with Crippen LogP contribution >= 0.6 is 0 Å². The van der Waals surface area contributed by atoms with Crippen molar-refractivity contribution in [3.8, 4) is 0 Å². The highest BCUT2D eigenvalue weighted by Gasteiger charge is 2.66. The summed E-state index contributed by atoms with van der Waals surface area (Å²) in [6.07, 6.45) is 1.60. The molecule has 4 heterocycles. The molecule has 168 valence electrons. The molecule has 1 spiro atoms. The van der Waals surface area contributed by atoms with E-state index in [0.717, 1.165) is 5.56 Å². The van der Waals surface area contributed by atoms with Crippen molar-refractivity contribution in [2.75, 3.05) is 16.3 Å². The lowest BCUT2D eigenvalue weighted by molar-refractivity contribution is -0.121. The molecule has 2 aromatic heterocycles. The van der Waals surface area contributed by atoms with Gasteiger partial charge in [0.2, 0.25) is 5.76 Å². The molecule has 8 heteroatoms. The Morgan fingerprint density at radius 2 is 1.88 bits per heavy atom. The molecule has 2 amide bonds. The Balaban J connectivity index is 1.79. The lowest BCUT2D eigenvalue weighted by Gasteiger charge is -2.32. The van der Waals surface area contributed by atoms with Gasteiger partial charge >= 0.3 is 0 Å². The van der Waals surface area contributed by atoms with Gasteiger partial charge in [0.1, 0.15) is 11.3 Å². The summed E-state index contributed by atoms with van der Waals surface area (Å²) < 4.78 is 11.3. The second-order valence-corrected chi connectivity index (χ2v) is 8.50. The SMILES string of the molecule is C=CCN1C(=O)C2(c3ccccc31)c1c(oc3ccc(C)cc3c1=O)C(=O)N2c1cc(C)on1. The van der Waals surface area contributed by atoms with E-state index in [4.69, 9.17) is 8.94 Å². The highest BCUT2D eigenvalue weighted by molar-refractivity contribution is 6.24.